The zero-order valence-electron chi connectivity index (χ0n) is 5.95. The maximum absolute atomic E-state index is 12.3. The Labute approximate surface area is 62.3 Å². The summed E-state index contributed by atoms with van der Waals surface area (Å²) >= 11 is 0. The molecule has 0 aromatic rings. The third kappa shape index (κ3) is 5.25. The van der Waals surface area contributed by atoms with Crippen molar-refractivity contribution < 1.29 is 18.8 Å². The van der Waals surface area contributed by atoms with Crippen molar-refractivity contribution in [2.75, 3.05) is 13.7 Å². The van der Waals surface area contributed by atoms with Gasteiger partial charge in [0, 0.05) is 4.92 Å². The summed E-state index contributed by atoms with van der Waals surface area (Å²) in [7, 11) is 1.10. The molecule has 5 nitrogen and oxygen atoms in total. The third-order valence-electron chi connectivity index (χ3n) is 0.963. The van der Waals surface area contributed by atoms with E-state index in [0.29, 0.717) is 0 Å². The number of esters is 1. The highest BCUT2D eigenvalue weighted by atomic mass is 19.1. The summed E-state index contributed by atoms with van der Waals surface area (Å²) in [6.45, 7) is -0.852. The molecule has 0 heterocycles. The molecule has 0 radical (unpaired) electrons. The van der Waals surface area contributed by atoms with Gasteiger partial charge in [0.1, 0.15) is 0 Å². The van der Waals surface area contributed by atoms with E-state index in [2.05, 4.69) is 4.74 Å². The summed E-state index contributed by atoms with van der Waals surface area (Å²) < 4.78 is 16.4. The second kappa shape index (κ2) is 4.59. The number of nitro groups is 1. The highest BCUT2D eigenvalue weighted by Gasteiger charge is 2.18. The maximum atomic E-state index is 12.3. The Morgan fingerprint density at radius 3 is 2.73 bits per heavy atom. The monoisotopic (exact) mass is 165 g/mol. The molecule has 11 heavy (non-hydrogen) atoms. The first-order chi connectivity index (χ1) is 5.06. The molecule has 0 aliphatic carbocycles. The number of hydrogen-bond donors (Lipinski definition) is 0. The summed E-state index contributed by atoms with van der Waals surface area (Å²) in [6, 6.07) is 0. The Hall–Kier alpha value is -1.20. The first kappa shape index (κ1) is 9.80. The van der Waals surface area contributed by atoms with Gasteiger partial charge in [-0.3, -0.25) is 14.9 Å². The minimum absolute atomic E-state index is 0.558. The van der Waals surface area contributed by atoms with Crippen LogP contribution >= 0.6 is 0 Å². The Balaban J connectivity index is 3.60. The van der Waals surface area contributed by atoms with Crippen molar-refractivity contribution in [3.8, 4) is 0 Å². The molecule has 0 aliphatic rings. The first-order valence-electron chi connectivity index (χ1n) is 2.89. The van der Waals surface area contributed by atoms with E-state index in [-0.39, 0.29) is 0 Å². The Morgan fingerprint density at radius 2 is 2.36 bits per heavy atom. The molecule has 0 amide bonds. The van der Waals surface area contributed by atoms with Crippen LogP contribution < -0.4 is 0 Å². The smallest absolute Gasteiger partial charge is 0.308 e. The fraction of sp³-hybridized carbons (Fsp3) is 0.800. The summed E-state index contributed by atoms with van der Waals surface area (Å²) in [4.78, 5) is 19.2. The van der Waals surface area contributed by atoms with Crippen LogP contribution in [0, 0.1) is 10.1 Å². The van der Waals surface area contributed by atoms with Crippen molar-refractivity contribution in [1.29, 1.82) is 0 Å². The second-order valence-electron chi connectivity index (χ2n) is 1.89. The lowest BCUT2D eigenvalue weighted by Gasteiger charge is -2.00. The number of rotatable bonds is 4. The van der Waals surface area contributed by atoms with Gasteiger partial charge in [0.05, 0.1) is 13.5 Å². The van der Waals surface area contributed by atoms with E-state index in [1.807, 2.05) is 0 Å². The van der Waals surface area contributed by atoms with Crippen LogP contribution in [0.5, 0.6) is 0 Å². The van der Waals surface area contributed by atoms with Crippen molar-refractivity contribution in [3.05, 3.63) is 10.1 Å². The molecule has 6 heteroatoms. The van der Waals surface area contributed by atoms with E-state index in [4.69, 9.17) is 0 Å². The minimum atomic E-state index is -1.75. The van der Waals surface area contributed by atoms with Crippen LogP contribution in [0.4, 0.5) is 4.39 Å². The molecule has 64 valence electrons. The number of ether oxygens (including phenoxy) is 1. The van der Waals surface area contributed by atoms with Crippen LogP contribution in [0.3, 0.4) is 0 Å². The van der Waals surface area contributed by atoms with Crippen molar-refractivity contribution in [3.63, 3.8) is 0 Å². The quantitative estimate of drug-likeness (QED) is 0.338. The fourth-order valence-corrected chi connectivity index (χ4v) is 0.490. The molecule has 0 fully saturated rings. The largest absolute Gasteiger partial charge is 0.469 e. The zero-order valence-corrected chi connectivity index (χ0v) is 5.95. The summed E-state index contributed by atoms with van der Waals surface area (Å²) in [5, 5.41) is 9.69. The Bertz CT molecular complexity index is 161. The number of methoxy groups -OCH3 is 1. The van der Waals surface area contributed by atoms with Crippen LogP contribution in [0.15, 0.2) is 0 Å². The average Bonchev–Trinajstić information content (AvgIpc) is 1.85. The molecule has 0 aromatic carbocycles. The van der Waals surface area contributed by atoms with Gasteiger partial charge in [0.25, 0.3) is 0 Å². The summed E-state index contributed by atoms with van der Waals surface area (Å²) in [6.07, 6.45) is -2.31. The number of carbonyl (C=O) groups is 1. The number of hydrogen-bond acceptors (Lipinski definition) is 4. The number of alkyl halides is 1. The van der Waals surface area contributed by atoms with E-state index in [0.717, 1.165) is 7.11 Å². The van der Waals surface area contributed by atoms with Crippen LogP contribution in [0.2, 0.25) is 0 Å². The van der Waals surface area contributed by atoms with Gasteiger partial charge >= 0.3 is 5.97 Å². The second-order valence-corrected chi connectivity index (χ2v) is 1.89. The van der Waals surface area contributed by atoms with E-state index in [1.54, 1.807) is 0 Å². The summed E-state index contributed by atoms with van der Waals surface area (Å²) in [5.74, 6) is -0.778. The third-order valence-corrected chi connectivity index (χ3v) is 0.963. The molecule has 0 N–H and O–H groups in total. The number of halogens is 1. The topological polar surface area (TPSA) is 69.4 Å². The van der Waals surface area contributed by atoms with Gasteiger partial charge < -0.3 is 4.74 Å². The van der Waals surface area contributed by atoms with Gasteiger partial charge in [-0.2, -0.15) is 0 Å². The van der Waals surface area contributed by atoms with Crippen LogP contribution in [0.1, 0.15) is 6.42 Å². The SMILES string of the molecule is COC(=O)CC(F)C[N+](=O)[O-]. The maximum Gasteiger partial charge on any atom is 0.308 e. The predicted molar refractivity (Wildman–Crippen MR) is 33.4 cm³/mol. The van der Waals surface area contributed by atoms with Crippen LogP contribution in [-0.2, 0) is 9.53 Å². The molecule has 1 unspecified atom stereocenters. The van der Waals surface area contributed by atoms with E-state index in [9.17, 15) is 19.3 Å². The zero-order chi connectivity index (χ0) is 8.85. The normalized spacial score (nSPS) is 12.2. The highest BCUT2D eigenvalue weighted by molar-refractivity contribution is 5.69. The fourth-order valence-electron chi connectivity index (χ4n) is 0.490. The van der Waals surface area contributed by atoms with Crippen molar-refractivity contribution in [1.82, 2.24) is 0 Å². The van der Waals surface area contributed by atoms with E-state index >= 15 is 0 Å². The minimum Gasteiger partial charge on any atom is -0.469 e. The molecular weight excluding hydrogens is 157 g/mol. The lowest BCUT2D eigenvalue weighted by atomic mass is 10.3. The molecule has 0 saturated carbocycles. The molecule has 0 spiro atoms. The molecule has 0 rings (SSSR count). The standard InChI is InChI=1S/C5H8FNO4/c1-11-5(8)2-4(6)3-7(9)10/h4H,2-3H2,1H3. The molecule has 0 aliphatic heterocycles. The van der Waals surface area contributed by atoms with Crippen molar-refractivity contribution in [2.45, 2.75) is 12.6 Å². The van der Waals surface area contributed by atoms with Crippen molar-refractivity contribution >= 4 is 5.97 Å². The highest BCUT2D eigenvalue weighted by Crippen LogP contribution is 1.99. The van der Waals surface area contributed by atoms with Gasteiger partial charge in [-0.05, 0) is 0 Å². The predicted octanol–water partition coefficient (Wildman–Crippen LogP) is 0.164. The Kier molecular flexibility index (Phi) is 4.09. The number of carbonyl (C=O) groups excluding carboxylic acids is 1. The summed E-state index contributed by atoms with van der Waals surface area (Å²) in [5.41, 5.74) is 0. The van der Waals surface area contributed by atoms with Crippen LogP contribution in [-0.4, -0.2) is 30.7 Å². The van der Waals surface area contributed by atoms with Gasteiger partial charge in [-0.1, -0.05) is 0 Å². The molecule has 1 atom stereocenters. The molecule has 0 saturated heterocycles. The van der Waals surface area contributed by atoms with E-state index in [1.165, 1.54) is 0 Å². The first-order valence-corrected chi connectivity index (χ1v) is 2.89. The molecule has 0 aromatic heterocycles. The Morgan fingerprint density at radius 1 is 1.82 bits per heavy atom. The lowest BCUT2D eigenvalue weighted by Crippen LogP contribution is -2.19. The van der Waals surface area contributed by atoms with Gasteiger partial charge in [0.15, 0.2) is 6.17 Å². The van der Waals surface area contributed by atoms with Gasteiger partial charge in [0.2, 0.25) is 6.54 Å². The number of nitrogens with zero attached hydrogens (tertiary/aromatic N) is 1. The van der Waals surface area contributed by atoms with Gasteiger partial charge in [-0.25, -0.2) is 4.39 Å². The van der Waals surface area contributed by atoms with Crippen molar-refractivity contribution in [2.24, 2.45) is 0 Å². The lowest BCUT2D eigenvalue weighted by molar-refractivity contribution is -0.487. The molecule has 0 bridgehead atoms. The van der Waals surface area contributed by atoms with Gasteiger partial charge in [-0.15, -0.1) is 0 Å². The average molecular weight is 165 g/mol. The van der Waals surface area contributed by atoms with E-state index < -0.39 is 30.0 Å². The van der Waals surface area contributed by atoms with Crippen LogP contribution in [0.25, 0.3) is 0 Å². The molecular formula is C5H8FNO4.